The first-order valence-corrected chi connectivity index (χ1v) is 6.97. The smallest absolute Gasteiger partial charge is 0.256 e. The van der Waals surface area contributed by atoms with Gasteiger partial charge in [0.1, 0.15) is 0 Å². The van der Waals surface area contributed by atoms with Crippen molar-refractivity contribution in [3.05, 3.63) is 66.2 Å². The molecule has 0 aliphatic carbocycles. The van der Waals surface area contributed by atoms with Crippen LogP contribution in [0.2, 0.25) is 0 Å². The maximum Gasteiger partial charge on any atom is 0.256 e. The molecule has 0 bridgehead atoms. The third-order valence-electron chi connectivity index (χ3n) is 3.41. The number of carbonyl (C=O) groups is 1. The van der Waals surface area contributed by atoms with Gasteiger partial charge in [-0.2, -0.15) is 10.2 Å². The predicted octanol–water partition coefficient (Wildman–Crippen LogP) is 1.88. The fraction of sp³-hybridized carbons (Fsp3) is 0.188. The fourth-order valence-electron chi connectivity index (χ4n) is 2.37. The summed E-state index contributed by atoms with van der Waals surface area (Å²) in [4.78, 5) is 14.4. The number of carbonyl (C=O) groups excluding carboxylic acids is 1. The zero-order valence-corrected chi connectivity index (χ0v) is 12.5. The van der Waals surface area contributed by atoms with Crippen molar-refractivity contribution in [3.63, 3.8) is 0 Å². The summed E-state index contributed by atoms with van der Waals surface area (Å²) < 4.78 is 3.43. The molecule has 0 radical (unpaired) electrons. The molecule has 0 spiro atoms. The highest BCUT2D eigenvalue weighted by Crippen LogP contribution is 2.16. The summed E-state index contributed by atoms with van der Waals surface area (Å²) >= 11 is 0. The number of hydrogen-bond acceptors (Lipinski definition) is 3. The Morgan fingerprint density at radius 1 is 1.23 bits per heavy atom. The Bertz CT molecular complexity index is 775. The van der Waals surface area contributed by atoms with E-state index in [2.05, 4.69) is 10.2 Å². The summed E-state index contributed by atoms with van der Waals surface area (Å²) in [5.41, 5.74) is 2.39. The molecule has 0 aliphatic rings. The molecule has 0 aliphatic heterocycles. The van der Waals surface area contributed by atoms with E-state index in [0.29, 0.717) is 12.1 Å². The molecule has 0 fully saturated rings. The second-order valence-corrected chi connectivity index (χ2v) is 5.15. The molecule has 3 rings (SSSR count). The number of hydrogen-bond donors (Lipinski definition) is 0. The van der Waals surface area contributed by atoms with Gasteiger partial charge in [-0.1, -0.05) is 12.1 Å². The largest absolute Gasteiger partial charge is 0.337 e. The van der Waals surface area contributed by atoms with Crippen molar-refractivity contribution in [2.45, 2.75) is 6.54 Å². The Hall–Kier alpha value is -2.89. The first kappa shape index (κ1) is 14.1. The van der Waals surface area contributed by atoms with Crippen molar-refractivity contribution in [1.82, 2.24) is 24.5 Å². The molecule has 1 amide bonds. The Kier molecular flexibility index (Phi) is 3.74. The molecule has 0 N–H and O–H groups in total. The van der Waals surface area contributed by atoms with Crippen LogP contribution in [0.4, 0.5) is 0 Å². The summed E-state index contributed by atoms with van der Waals surface area (Å²) in [6, 6.07) is 9.30. The molecule has 3 aromatic rings. The molecular formula is C16H17N5O. The zero-order chi connectivity index (χ0) is 15.5. The summed E-state index contributed by atoms with van der Waals surface area (Å²) in [6.07, 6.45) is 7.19. The number of amides is 1. The van der Waals surface area contributed by atoms with Gasteiger partial charge in [-0.15, -0.1) is 0 Å². The minimum absolute atomic E-state index is 0.0463. The summed E-state index contributed by atoms with van der Waals surface area (Å²) in [5.74, 6) is -0.0463. The molecule has 2 aromatic heterocycles. The van der Waals surface area contributed by atoms with E-state index >= 15 is 0 Å². The number of para-hydroxylation sites is 1. The lowest BCUT2D eigenvalue weighted by atomic mass is 10.1. The molecule has 2 heterocycles. The van der Waals surface area contributed by atoms with Gasteiger partial charge < -0.3 is 4.90 Å². The van der Waals surface area contributed by atoms with Crippen LogP contribution in [0.25, 0.3) is 5.69 Å². The molecule has 0 saturated carbocycles. The Morgan fingerprint density at radius 2 is 2.05 bits per heavy atom. The monoisotopic (exact) mass is 295 g/mol. The average molecular weight is 295 g/mol. The Labute approximate surface area is 128 Å². The van der Waals surface area contributed by atoms with Gasteiger partial charge in [0.2, 0.25) is 0 Å². The quantitative estimate of drug-likeness (QED) is 0.738. The highest BCUT2D eigenvalue weighted by Gasteiger charge is 2.17. The lowest BCUT2D eigenvalue weighted by molar-refractivity contribution is 0.0785. The van der Waals surface area contributed by atoms with E-state index in [9.17, 15) is 4.79 Å². The van der Waals surface area contributed by atoms with Gasteiger partial charge in [-0.05, 0) is 18.2 Å². The maximum absolute atomic E-state index is 12.7. The van der Waals surface area contributed by atoms with Crippen molar-refractivity contribution in [3.8, 4) is 5.69 Å². The number of aromatic nitrogens is 4. The van der Waals surface area contributed by atoms with E-state index in [4.69, 9.17) is 0 Å². The molecule has 1 aromatic carbocycles. The van der Waals surface area contributed by atoms with Gasteiger partial charge in [-0.25, -0.2) is 4.68 Å². The second kappa shape index (κ2) is 5.85. The van der Waals surface area contributed by atoms with E-state index in [1.807, 2.05) is 49.8 Å². The van der Waals surface area contributed by atoms with Gasteiger partial charge >= 0.3 is 0 Å². The van der Waals surface area contributed by atoms with Crippen LogP contribution in [-0.2, 0) is 13.6 Å². The van der Waals surface area contributed by atoms with Gasteiger partial charge in [-0.3, -0.25) is 9.48 Å². The summed E-state index contributed by atoms with van der Waals surface area (Å²) in [6.45, 7) is 0.514. The number of aryl methyl sites for hydroxylation is 1. The van der Waals surface area contributed by atoms with Crippen LogP contribution >= 0.6 is 0 Å². The Morgan fingerprint density at radius 3 is 2.73 bits per heavy atom. The van der Waals surface area contributed by atoms with Crippen molar-refractivity contribution >= 4 is 5.91 Å². The van der Waals surface area contributed by atoms with Crippen LogP contribution in [-0.4, -0.2) is 37.4 Å². The topological polar surface area (TPSA) is 56.0 Å². The van der Waals surface area contributed by atoms with Gasteiger partial charge in [0.05, 0.1) is 17.4 Å². The van der Waals surface area contributed by atoms with Crippen LogP contribution < -0.4 is 0 Å². The van der Waals surface area contributed by atoms with Crippen molar-refractivity contribution in [2.24, 2.45) is 7.05 Å². The number of rotatable bonds is 4. The highest BCUT2D eigenvalue weighted by atomic mass is 16.2. The predicted molar refractivity (Wildman–Crippen MR) is 82.6 cm³/mol. The molecule has 22 heavy (non-hydrogen) atoms. The minimum Gasteiger partial charge on any atom is -0.337 e. The zero-order valence-electron chi connectivity index (χ0n) is 12.5. The fourth-order valence-corrected chi connectivity index (χ4v) is 2.37. The van der Waals surface area contributed by atoms with E-state index in [0.717, 1.165) is 11.3 Å². The Balaban J connectivity index is 1.86. The highest BCUT2D eigenvalue weighted by molar-refractivity contribution is 5.97. The van der Waals surface area contributed by atoms with Crippen molar-refractivity contribution < 1.29 is 4.79 Å². The molecule has 6 nitrogen and oxygen atoms in total. The van der Waals surface area contributed by atoms with Gasteiger partial charge in [0.15, 0.2) is 0 Å². The van der Waals surface area contributed by atoms with E-state index in [1.165, 1.54) is 0 Å². The first-order chi connectivity index (χ1) is 10.6. The van der Waals surface area contributed by atoms with Crippen LogP contribution in [0, 0.1) is 0 Å². The van der Waals surface area contributed by atoms with Crippen LogP contribution in [0.5, 0.6) is 0 Å². The van der Waals surface area contributed by atoms with Gasteiger partial charge in [0, 0.05) is 44.8 Å². The third-order valence-corrected chi connectivity index (χ3v) is 3.41. The first-order valence-electron chi connectivity index (χ1n) is 6.97. The van der Waals surface area contributed by atoms with E-state index in [-0.39, 0.29) is 5.91 Å². The molecule has 0 saturated heterocycles. The van der Waals surface area contributed by atoms with Crippen LogP contribution in [0.1, 0.15) is 15.9 Å². The number of nitrogens with zero attached hydrogens (tertiary/aromatic N) is 5. The van der Waals surface area contributed by atoms with E-state index < -0.39 is 0 Å². The SMILES string of the molecule is CN(Cc1cnn(C)c1)C(=O)c1ccccc1-n1cccn1. The normalized spacial score (nSPS) is 10.6. The third kappa shape index (κ3) is 2.76. The van der Waals surface area contributed by atoms with Gasteiger partial charge in [0.25, 0.3) is 5.91 Å². The van der Waals surface area contributed by atoms with E-state index in [1.54, 1.807) is 33.7 Å². The lowest BCUT2D eigenvalue weighted by Gasteiger charge is -2.18. The maximum atomic E-state index is 12.7. The molecule has 112 valence electrons. The summed E-state index contributed by atoms with van der Waals surface area (Å²) in [7, 11) is 3.65. The standard InChI is InChI=1S/C16H17N5O/c1-19(11-13-10-18-20(2)12-13)16(22)14-6-3-4-7-15(14)21-9-5-8-17-21/h3-10,12H,11H2,1-2H3. The second-order valence-electron chi connectivity index (χ2n) is 5.15. The average Bonchev–Trinajstić information content (AvgIpc) is 3.18. The molecule has 0 unspecified atom stereocenters. The van der Waals surface area contributed by atoms with Crippen molar-refractivity contribution in [2.75, 3.05) is 7.05 Å². The summed E-state index contributed by atoms with van der Waals surface area (Å²) in [5, 5.41) is 8.33. The molecular weight excluding hydrogens is 278 g/mol. The molecule has 6 heteroatoms. The molecule has 0 atom stereocenters. The van der Waals surface area contributed by atoms with Crippen LogP contribution in [0.15, 0.2) is 55.1 Å². The number of benzene rings is 1. The lowest BCUT2D eigenvalue weighted by Crippen LogP contribution is -2.27. The van der Waals surface area contributed by atoms with Crippen LogP contribution in [0.3, 0.4) is 0 Å². The van der Waals surface area contributed by atoms with Crippen molar-refractivity contribution in [1.29, 1.82) is 0 Å². The minimum atomic E-state index is -0.0463.